The second-order valence-corrected chi connectivity index (χ2v) is 5.91. The normalized spacial score (nSPS) is 26.0. The van der Waals surface area contributed by atoms with Crippen molar-refractivity contribution in [3.63, 3.8) is 0 Å². The van der Waals surface area contributed by atoms with Crippen molar-refractivity contribution < 1.29 is 4.79 Å². The number of allylic oxidation sites excluding steroid dienone is 1. The van der Waals surface area contributed by atoms with Gasteiger partial charge in [-0.1, -0.05) is 54.6 Å². The molecular formula is C19H17NO. The topological polar surface area (TPSA) is 20.3 Å². The molecule has 0 saturated heterocycles. The average molecular weight is 275 g/mol. The molecule has 2 aliphatic rings. The molecule has 2 aromatic carbocycles. The van der Waals surface area contributed by atoms with Gasteiger partial charge >= 0.3 is 0 Å². The largest absolute Gasteiger partial charge is 0.307 e. The van der Waals surface area contributed by atoms with Gasteiger partial charge in [-0.3, -0.25) is 4.79 Å². The van der Waals surface area contributed by atoms with Crippen LogP contribution < -0.4 is 4.90 Å². The van der Waals surface area contributed by atoms with Crippen LogP contribution >= 0.6 is 0 Å². The number of para-hydroxylation sites is 1. The van der Waals surface area contributed by atoms with E-state index in [1.54, 1.807) is 0 Å². The van der Waals surface area contributed by atoms with Crippen molar-refractivity contribution in [2.45, 2.75) is 18.4 Å². The lowest BCUT2D eigenvalue weighted by Gasteiger charge is -2.18. The number of rotatable bonds is 3. The van der Waals surface area contributed by atoms with Crippen molar-refractivity contribution in [2.75, 3.05) is 4.90 Å². The van der Waals surface area contributed by atoms with Crippen molar-refractivity contribution >= 4 is 11.6 Å². The third-order valence-electron chi connectivity index (χ3n) is 4.79. The first kappa shape index (κ1) is 12.4. The van der Waals surface area contributed by atoms with Crippen molar-refractivity contribution in [3.05, 3.63) is 78.4 Å². The van der Waals surface area contributed by atoms with Gasteiger partial charge in [-0.05, 0) is 29.5 Å². The fourth-order valence-electron chi connectivity index (χ4n) is 3.60. The highest BCUT2D eigenvalue weighted by Crippen LogP contribution is 2.62. The van der Waals surface area contributed by atoms with Gasteiger partial charge in [0.05, 0.1) is 12.0 Å². The van der Waals surface area contributed by atoms with Crippen LogP contribution in [0, 0.1) is 5.92 Å². The molecule has 2 atom stereocenters. The van der Waals surface area contributed by atoms with E-state index in [0.717, 1.165) is 17.7 Å². The van der Waals surface area contributed by atoms with Crippen molar-refractivity contribution in [2.24, 2.45) is 5.92 Å². The average Bonchev–Trinajstić information content (AvgIpc) is 3.24. The Morgan fingerprint density at radius 2 is 1.86 bits per heavy atom. The summed E-state index contributed by atoms with van der Waals surface area (Å²) in [5, 5.41) is 0. The van der Waals surface area contributed by atoms with E-state index >= 15 is 0 Å². The summed E-state index contributed by atoms with van der Waals surface area (Å²) < 4.78 is 0. The first-order chi connectivity index (χ1) is 10.3. The van der Waals surface area contributed by atoms with Gasteiger partial charge in [0.1, 0.15) is 0 Å². The van der Waals surface area contributed by atoms with E-state index in [0.29, 0.717) is 6.54 Å². The zero-order valence-electron chi connectivity index (χ0n) is 11.8. The molecule has 0 unspecified atom stereocenters. The molecular weight excluding hydrogens is 258 g/mol. The van der Waals surface area contributed by atoms with E-state index in [4.69, 9.17) is 0 Å². The third kappa shape index (κ3) is 1.62. The summed E-state index contributed by atoms with van der Waals surface area (Å²) in [7, 11) is 0. The molecule has 2 nitrogen and oxygen atoms in total. The molecule has 21 heavy (non-hydrogen) atoms. The Morgan fingerprint density at radius 3 is 2.57 bits per heavy atom. The Hall–Kier alpha value is -2.35. The molecule has 1 aliphatic carbocycles. The van der Waals surface area contributed by atoms with E-state index in [-0.39, 0.29) is 17.2 Å². The van der Waals surface area contributed by atoms with Gasteiger partial charge in [0, 0.05) is 5.69 Å². The predicted octanol–water partition coefficient (Wildman–Crippen LogP) is 3.68. The number of nitrogens with zero attached hydrogens (tertiary/aromatic N) is 1. The molecule has 2 heteroatoms. The van der Waals surface area contributed by atoms with Crippen molar-refractivity contribution in [3.8, 4) is 0 Å². The van der Waals surface area contributed by atoms with Crippen LogP contribution in [0.5, 0.6) is 0 Å². The fourth-order valence-corrected chi connectivity index (χ4v) is 3.60. The van der Waals surface area contributed by atoms with Crippen LogP contribution in [0.25, 0.3) is 0 Å². The van der Waals surface area contributed by atoms with Crippen molar-refractivity contribution in [1.29, 1.82) is 0 Å². The van der Waals surface area contributed by atoms with Gasteiger partial charge in [0.15, 0.2) is 0 Å². The maximum absolute atomic E-state index is 13.0. The molecule has 0 bridgehead atoms. The Labute approximate surface area is 124 Å². The second-order valence-electron chi connectivity index (χ2n) is 5.91. The summed E-state index contributed by atoms with van der Waals surface area (Å²) in [6.07, 6.45) is 2.83. The van der Waals surface area contributed by atoms with Crippen LogP contribution in [-0.4, -0.2) is 5.91 Å². The van der Waals surface area contributed by atoms with Gasteiger partial charge in [-0.25, -0.2) is 0 Å². The lowest BCUT2D eigenvalue weighted by molar-refractivity contribution is -0.120. The lowest BCUT2D eigenvalue weighted by atomic mass is 9.95. The quantitative estimate of drug-likeness (QED) is 0.783. The molecule has 1 fully saturated rings. The standard InChI is InChI=1S/C19H17NO/c1-2-15-12-19(15)16-10-6-7-11-17(16)20(18(19)21)13-14-8-4-3-5-9-14/h2-11,15H,1,12-13H2/t15-,19-/m0/s1. The Morgan fingerprint density at radius 1 is 1.14 bits per heavy atom. The molecule has 104 valence electrons. The minimum absolute atomic E-state index is 0.234. The van der Waals surface area contributed by atoms with Gasteiger partial charge in [-0.15, -0.1) is 6.58 Å². The maximum atomic E-state index is 13.0. The van der Waals surface area contributed by atoms with Crippen LogP contribution in [0.2, 0.25) is 0 Å². The summed E-state index contributed by atoms with van der Waals surface area (Å²) in [5.74, 6) is 0.518. The highest BCUT2D eigenvalue weighted by Gasteiger charge is 2.65. The van der Waals surface area contributed by atoms with E-state index < -0.39 is 0 Å². The summed E-state index contributed by atoms with van der Waals surface area (Å²) in [6.45, 7) is 4.53. The SMILES string of the molecule is C=C[C@H]1C[C@]12C(=O)N(Cc1ccccc1)c1ccccc12. The van der Waals surface area contributed by atoms with Crippen molar-refractivity contribution in [1.82, 2.24) is 0 Å². The summed E-state index contributed by atoms with van der Waals surface area (Å²) in [6, 6.07) is 18.4. The Kier molecular flexibility index (Phi) is 2.55. The first-order valence-corrected chi connectivity index (χ1v) is 7.35. The first-order valence-electron chi connectivity index (χ1n) is 7.35. The van der Waals surface area contributed by atoms with E-state index in [1.165, 1.54) is 5.56 Å². The minimum Gasteiger partial charge on any atom is -0.307 e. The number of amides is 1. The van der Waals surface area contributed by atoms with E-state index in [1.807, 2.05) is 41.3 Å². The number of hydrogen-bond acceptors (Lipinski definition) is 1. The van der Waals surface area contributed by atoms with Crippen LogP contribution in [-0.2, 0) is 16.8 Å². The molecule has 0 N–H and O–H groups in total. The van der Waals surface area contributed by atoms with Crippen LogP contribution in [0.15, 0.2) is 67.3 Å². The second kappa shape index (κ2) is 4.32. The van der Waals surface area contributed by atoms with Gasteiger partial charge < -0.3 is 4.90 Å². The molecule has 0 aromatic heterocycles. The number of fused-ring (bicyclic) bond motifs is 2. The van der Waals surface area contributed by atoms with Gasteiger partial charge in [-0.2, -0.15) is 0 Å². The fraction of sp³-hybridized carbons (Fsp3) is 0.211. The smallest absolute Gasteiger partial charge is 0.238 e. The molecule has 1 heterocycles. The molecule has 0 radical (unpaired) electrons. The maximum Gasteiger partial charge on any atom is 0.238 e. The number of carbonyl (C=O) groups is 1. The number of benzene rings is 2. The Bertz CT molecular complexity index is 721. The van der Waals surface area contributed by atoms with Crippen LogP contribution in [0.3, 0.4) is 0 Å². The summed E-state index contributed by atoms with van der Waals surface area (Å²) >= 11 is 0. The van der Waals surface area contributed by atoms with E-state index in [9.17, 15) is 4.79 Å². The lowest BCUT2D eigenvalue weighted by Crippen LogP contribution is -2.32. The molecule has 4 rings (SSSR count). The monoisotopic (exact) mass is 275 g/mol. The number of carbonyl (C=O) groups excluding carboxylic acids is 1. The molecule has 1 spiro atoms. The molecule has 1 saturated carbocycles. The molecule has 2 aromatic rings. The van der Waals surface area contributed by atoms with Crippen LogP contribution in [0.4, 0.5) is 5.69 Å². The van der Waals surface area contributed by atoms with Crippen LogP contribution in [0.1, 0.15) is 17.5 Å². The summed E-state index contributed by atoms with van der Waals surface area (Å²) in [4.78, 5) is 14.9. The zero-order valence-corrected chi connectivity index (χ0v) is 11.8. The predicted molar refractivity (Wildman–Crippen MR) is 84.1 cm³/mol. The van der Waals surface area contributed by atoms with Gasteiger partial charge in [0.25, 0.3) is 0 Å². The third-order valence-corrected chi connectivity index (χ3v) is 4.79. The molecule has 1 amide bonds. The highest BCUT2D eigenvalue weighted by atomic mass is 16.2. The number of anilines is 1. The molecule has 1 aliphatic heterocycles. The summed E-state index contributed by atoms with van der Waals surface area (Å²) in [5.41, 5.74) is 3.08. The Balaban J connectivity index is 1.76. The minimum atomic E-state index is -0.326. The van der Waals surface area contributed by atoms with Gasteiger partial charge in [0.2, 0.25) is 5.91 Å². The van der Waals surface area contributed by atoms with E-state index in [2.05, 4.69) is 30.8 Å². The highest BCUT2D eigenvalue weighted by molar-refractivity contribution is 6.10. The zero-order chi connectivity index (χ0) is 14.4. The number of hydrogen-bond donors (Lipinski definition) is 0.